The molecule has 7 heteroatoms. The molecular formula is C14H19N3O2S2. The highest BCUT2D eigenvalue weighted by atomic mass is 32.2. The van der Waals surface area contributed by atoms with Crippen LogP contribution in [0, 0.1) is 0 Å². The molecule has 21 heavy (non-hydrogen) atoms. The van der Waals surface area contributed by atoms with Crippen molar-refractivity contribution in [2.24, 2.45) is 0 Å². The van der Waals surface area contributed by atoms with Gasteiger partial charge in [-0.05, 0) is 26.5 Å². The van der Waals surface area contributed by atoms with Crippen molar-refractivity contribution in [3.05, 3.63) is 35.9 Å². The molecule has 0 spiro atoms. The Morgan fingerprint density at radius 3 is 2.48 bits per heavy atom. The summed E-state index contributed by atoms with van der Waals surface area (Å²) in [5.74, 6) is 0. The van der Waals surface area contributed by atoms with Crippen molar-refractivity contribution >= 4 is 34.5 Å². The fraction of sp³-hybridized carbons (Fsp3) is 0.429. The molecule has 0 bridgehead atoms. The van der Waals surface area contributed by atoms with E-state index in [2.05, 4.69) is 10.6 Å². The Morgan fingerprint density at radius 2 is 2.05 bits per heavy atom. The van der Waals surface area contributed by atoms with E-state index >= 15 is 0 Å². The topological polar surface area (TPSA) is 61.4 Å². The molecule has 114 valence electrons. The molecule has 2 N–H and O–H groups in total. The highest BCUT2D eigenvalue weighted by molar-refractivity contribution is 7.87. The first-order chi connectivity index (χ1) is 9.89. The first-order valence-corrected chi connectivity index (χ1v) is 8.10. The van der Waals surface area contributed by atoms with Crippen molar-refractivity contribution in [3.63, 3.8) is 0 Å². The van der Waals surface area contributed by atoms with E-state index in [9.17, 15) is 9.00 Å². The molecule has 0 aliphatic carbocycles. The van der Waals surface area contributed by atoms with E-state index < -0.39 is 21.4 Å². The fourth-order valence-corrected chi connectivity index (χ4v) is 4.07. The Bertz CT molecular complexity index is 577. The van der Waals surface area contributed by atoms with Crippen LogP contribution in [0.25, 0.3) is 0 Å². The summed E-state index contributed by atoms with van der Waals surface area (Å²) in [7, 11) is -0.0470. The number of carbonyl (C=O) groups is 1. The lowest BCUT2D eigenvalue weighted by Gasteiger charge is -2.32. The molecule has 2 atom stereocenters. The molecule has 2 unspecified atom stereocenters. The Hall–Kier alpha value is -1.15. The Balaban J connectivity index is 2.43. The van der Waals surface area contributed by atoms with Crippen molar-refractivity contribution in [3.8, 4) is 0 Å². The summed E-state index contributed by atoms with van der Waals surface area (Å²) < 4.78 is 14.6. The second-order valence-electron chi connectivity index (χ2n) is 5.36. The minimum Gasteiger partial charge on any atom is -0.300 e. The monoisotopic (exact) mass is 325 g/mol. The molecule has 1 aromatic carbocycles. The maximum atomic E-state index is 13.0. The molecule has 1 aliphatic heterocycles. The number of likely N-dealkylation sites (N-methyl/N-ethyl adjacent to an activating group) is 1. The Labute approximate surface area is 132 Å². The third kappa shape index (κ3) is 2.66. The predicted octanol–water partition coefficient (Wildman–Crippen LogP) is 0.890. The lowest BCUT2D eigenvalue weighted by molar-refractivity contribution is -0.110. The second kappa shape index (κ2) is 5.92. The van der Waals surface area contributed by atoms with Crippen LogP contribution in [0.2, 0.25) is 0 Å². The summed E-state index contributed by atoms with van der Waals surface area (Å²) in [5.41, 5.74) is 0.234. The number of hydrogen-bond acceptors (Lipinski definition) is 5. The molecule has 0 aromatic heterocycles. The van der Waals surface area contributed by atoms with Crippen LogP contribution in [0.4, 0.5) is 0 Å². The summed E-state index contributed by atoms with van der Waals surface area (Å²) in [4.78, 5) is 11.0. The van der Waals surface area contributed by atoms with Gasteiger partial charge in [0.25, 0.3) is 0 Å². The Kier molecular flexibility index (Phi) is 4.57. The first-order valence-electron chi connectivity index (χ1n) is 6.59. The van der Waals surface area contributed by atoms with E-state index in [1.54, 1.807) is 23.5 Å². The molecular weight excluding hydrogens is 306 g/mol. The summed E-state index contributed by atoms with van der Waals surface area (Å²) >= 11 is 5.39. The number of nitrogens with zero attached hydrogens (tertiary/aromatic N) is 1. The van der Waals surface area contributed by atoms with Crippen LogP contribution in [0.3, 0.4) is 0 Å². The van der Waals surface area contributed by atoms with Crippen LogP contribution in [0.15, 0.2) is 30.3 Å². The molecule has 0 saturated carbocycles. The minimum absolute atomic E-state index is 0.350. The van der Waals surface area contributed by atoms with Gasteiger partial charge in [-0.1, -0.05) is 42.5 Å². The zero-order chi connectivity index (χ0) is 15.7. The van der Waals surface area contributed by atoms with Crippen molar-refractivity contribution in [1.29, 1.82) is 0 Å². The highest BCUT2D eigenvalue weighted by Gasteiger charge is 2.46. The standard InChI is InChI=1S/C14H19N3O2S2/c1-13(2)12(20)17(10-16-13)21(19)14(9-18,15-3)11-7-5-4-6-8-11/h4-9,15-16H,10H2,1-3H3. The lowest BCUT2D eigenvalue weighted by Crippen LogP contribution is -2.52. The maximum absolute atomic E-state index is 13.0. The molecule has 5 nitrogen and oxygen atoms in total. The average Bonchev–Trinajstić information content (AvgIpc) is 2.76. The third-order valence-electron chi connectivity index (χ3n) is 3.64. The molecule has 1 aliphatic rings. The third-order valence-corrected chi connectivity index (χ3v) is 6.29. The largest absolute Gasteiger partial charge is 0.300 e. The quantitative estimate of drug-likeness (QED) is 0.622. The van der Waals surface area contributed by atoms with Crippen molar-refractivity contribution in [2.45, 2.75) is 24.3 Å². The molecule has 1 fully saturated rings. The summed E-state index contributed by atoms with van der Waals surface area (Å²) in [5, 5.41) is 6.11. The Morgan fingerprint density at radius 1 is 1.43 bits per heavy atom. The van der Waals surface area contributed by atoms with E-state index in [-0.39, 0.29) is 0 Å². The number of hydrogen-bond donors (Lipinski definition) is 2. The number of thiocarbonyl (C=S) groups is 1. The van der Waals surface area contributed by atoms with E-state index in [0.717, 1.165) is 0 Å². The van der Waals surface area contributed by atoms with Gasteiger partial charge in [0.2, 0.25) is 0 Å². The van der Waals surface area contributed by atoms with Gasteiger partial charge in [0.15, 0.2) is 22.1 Å². The average molecular weight is 325 g/mol. The number of rotatable bonds is 5. The zero-order valence-corrected chi connectivity index (χ0v) is 13.9. The SMILES string of the molecule is CNC(C=O)(c1ccccc1)S(=O)N1CNC(C)(C)C1=S. The van der Waals surface area contributed by atoms with Crippen molar-refractivity contribution in [2.75, 3.05) is 13.7 Å². The fourth-order valence-electron chi connectivity index (χ4n) is 2.22. The van der Waals surface area contributed by atoms with Gasteiger partial charge in [-0.25, -0.2) is 4.21 Å². The van der Waals surface area contributed by atoms with E-state index in [1.807, 2.05) is 32.0 Å². The van der Waals surface area contributed by atoms with Gasteiger partial charge in [-0.2, -0.15) is 0 Å². The van der Waals surface area contributed by atoms with E-state index in [1.165, 1.54) is 0 Å². The molecule has 1 heterocycles. The number of carbonyl (C=O) groups excluding carboxylic acids is 1. The van der Waals surface area contributed by atoms with Crippen molar-refractivity contribution < 1.29 is 9.00 Å². The van der Waals surface area contributed by atoms with Crippen LogP contribution in [0.5, 0.6) is 0 Å². The molecule has 2 rings (SSSR count). The summed E-state index contributed by atoms with van der Waals surface area (Å²) in [6.45, 7) is 4.20. The van der Waals surface area contributed by atoms with Crippen LogP contribution in [0.1, 0.15) is 19.4 Å². The van der Waals surface area contributed by atoms with E-state index in [4.69, 9.17) is 12.2 Å². The van der Waals surface area contributed by atoms with Gasteiger partial charge in [0, 0.05) is 0 Å². The summed E-state index contributed by atoms with van der Waals surface area (Å²) in [6, 6.07) is 9.03. The highest BCUT2D eigenvalue weighted by Crippen LogP contribution is 2.29. The normalized spacial score (nSPS) is 21.9. The maximum Gasteiger partial charge on any atom is 0.196 e. The molecule has 0 radical (unpaired) electrons. The van der Waals surface area contributed by atoms with E-state index in [0.29, 0.717) is 23.5 Å². The van der Waals surface area contributed by atoms with Crippen LogP contribution in [-0.2, 0) is 20.7 Å². The minimum atomic E-state index is -1.67. The van der Waals surface area contributed by atoms with Gasteiger partial charge >= 0.3 is 0 Å². The van der Waals surface area contributed by atoms with Gasteiger partial charge in [-0.3, -0.25) is 19.7 Å². The van der Waals surface area contributed by atoms with Gasteiger partial charge < -0.3 is 0 Å². The predicted molar refractivity (Wildman–Crippen MR) is 87.9 cm³/mol. The number of aldehydes is 1. The molecule has 1 saturated heterocycles. The zero-order valence-electron chi connectivity index (χ0n) is 12.3. The summed E-state index contributed by atoms with van der Waals surface area (Å²) in [6.07, 6.45) is 0.687. The van der Waals surface area contributed by atoms with Gasteiger partial charge in [-0.15, -0.1) is 0 Å². The van der Waals surface area contributed by atoms with Crippen LogP contribution < -0.4 is 10.6 Å². The smallest absolute Gasteiger partial charge is 0.196 e. The molecule has 1 aromatic rings. The molecule has 0 amide bonds. The van der Waals surface area contributed by atoms with Gasteiger partial charge in [0.1, 0.15) is 4.99 Å². The lowest BCUT2D eigenvalue weighted by atomic mass is 10.1. The number of nitrogens with one attached hydrogen (secondary N) is 2. The van der Waals surface area contributed by atoms with Crippen LogP contribution >= 0.6 is 12.2 Å². The van der Waals surface area contributed by atoms with Crippen LogP contribution in [-0.4, -0.2) is 39.0 Å². The van der Waals surface area contributed by atoms with Gasteiger partial charge in [0.05, 0.1) is 12.2 Å². The van der Waals surface area contributed by atoms with Crippen molar-refractivity contribution in [1.82, 2.24) is 14.9 Å². The number of benzene rings is 1. The first kappa shape index (κ1) is 16.2. The second-order valence-corrected chi connectivity index (χ2v) is 7.33.